The number of carboxylic acid groups (broad SMARTS) is 1. The standard InChI is InChI=1S/C15H28O2/c1-4-13(2)11-9-7-5-6-8-10-12-14(3)15(16)17/h12-13H,4-11H2,1-3H3,(H,16,17). The van der Waals surface area contributed by atoms with Crippen molar-refractivity contribution in [3.8, 4) is 0 Å². The number of unbranched alkanes of at least 4 members (excludes halogenated alkanes) is 5. The molecule has 0 radical (unpaired) electrons. The lowest BCUT2D eigenvalue weighted by atomic mass is 10.00. The average Bonchev–Trinajstić information content (AvgIpc) is 2.31. The number of hydrogen-bond donors (Lipinski definition) is 1. The molecule has 0 saturated carbocycles. The first-order valence-corrected chi connectivity index (χ1v) is 6.98. The van der Waals surface area contributed by atoms with Crippen molar-refractivity contribution in [1.82, 2.24) is 0 Å². The first-order valence-electron chi connectivity index (χ1n) is 6.98. The molecular weight excluding hydrogens is 212 g/mol. The van der Waals surface area contributed by atoms with Gasteiger partial charge in [0.05, 0.1) is 0 Å². The molecule has 0 aliphatic heterocycles. The minimum Gasteiger partial charge on any atom is -0.478 e. The fraction of sp³-hybridized carbons (Fsp3) is 0.800. The van der Waals surface area contributed by atoms with E-state index in [1.165, 1.54) is 38.5 Å². The van der Waals surface area contributed by atoms with Crippen LogP contribution in [-0.4, -0.2) is 11.1 Å². The van der Waals surface area contributed by atoms with Gasteiger partial charge in [0, 0.05) is 5.57 Å². The van der Waals surface area contributed by atoms with Gasteiger partial charge in [-0.25, -0.2) is 4.79 Å². The second kappa shape index (κ2) is 10.4. The van der Waals surface area contributed by atoms with Crippen molar-refractivity contribution in [3.05, 3.63) is 11.6 Å². The Balaban J connectivity index is 3.30. The predicted octanol–water partition coefficient (Wildman–Crippen LogP) is 4.79. The Bertz CT molecular complexity index is 231. The Kier molecular flexibility index (Phi) is 9.89. The molecule has 0 aliphatic carbocycles. The highest BCUT2D eigenvalue weighted by Gasteiger charge is 1.99. The zero-order valence-corrected chi connectivity index (χ0v) is 11.7. The highest BCUT2D eigenvalue weighted by Crippen LogP contribution is 2.14. The van der Waals surface area contributed by atoms with Gasteiger partial charge >= 0.3 is 5.97 Å². The molecule has 0 aromatic carbocycles. The Labute approximate surface area is 106 Å². The van der Waals surface area contributed by atoms with Gasteiger partial charge in [-0.1, -0.05) is 58.4 Å². The monoisotopic (exact) mass is 240 g/mol. The Hall–Kier alpha value is -0.790. The normalized spacial score (nSPS) is 13.7. The van der Waals surface area contributed by atoms with E-state index in [9.17, 15) is 4.79 Å². The molecule has 0 aliphatic rings. The third kappa shape index (κ3) is 10.1. The summed E-state index contributed by atoms with van der Waals surface area (Å²) < 4.78 is 0. The number of allylic oxidation sites excluding steroid dienone is 1. The van der Waals surface area contributed by atoms with Crippen LogP contribution >= 0.6 is 0 Å². The molecule has 0 saturated heterocycles. The SMILES string of the molecule is CCC(C)CCCCCCCC=C(C)C(=O)O. The maximum atomic E-state index is 10.5. The molecule has 0 rings (SSSR count). The van der Waals surface area contributed by atoms with E-state index in [-0.39, 0.29) is 0 Å². The molecule has 17 heavy (non-hydrogen) atoms. The van der Waals surface area contributed by atoms with Crippen molar-refractivity contribution in [2.45, 2.75) is 72.1 Å². The molecule has 1 atom stereocenters. The number of carbonyl (C=O) groups is 1. The quantitative estimate of drug-likeness (QED) is 0.440. The summed E-state index contributed by atoms with van der Waals surface area (Å²) in [4.78, 5) is 10.5. The van der Waals surface area contributed by atoms with E-state index in [2.05, 4.69) is 13.8 Å². The minimum absolute atomic E-state index is 0.474. The fourth-order valence-electron chi connectivity index (χ4n) is 1.78. The van der Waals surface area contributed by atoms with Crippen LogP contribution in [0.1, 0.15) is 72.1 Å². The molecule has 0 spiro atoms. The van der Waals surface area contributed by atoms with Gasteiger partial charge in [0.2, 0.25) is 0 Å². The van der Waals surface area contributed by atoms with E-state index in [0.717, 1.165) is 18.8 Å². The molecule has 0 bridgehead atoms. The summed E-state index contributed by atoms with van der Waals surface area (Å²) in [7, 11) is 0. The van der Waals surface area contributed by atoms with E-state index >= 15 is 0 Å². The molecule has 0 aromatic heterocycles. The van der Waals surface area contributed by atoms with Crippen LogP contribution in [0.15, 0.2) is 11.6 Å². The summed E-state index contributed by atoms with van der Waals surface area (Å²) in [6.45, 7) is 6.23. The van der Waals surface area contributed by atoms with Crippen molar-refractivity contribution in [1.29, 1.82) is 0 Å². The zero-order valence-electron chi connectivity index (χ0n) is 11.7. The maximum Gasteiger partial charge on any atom is 0.330 e. The highest BCUT2D eigenvalue weighted by atomic mass is 16.4. The maximum absolute atomic E-state index is 10.5. The van der Waals surface area contributed by atoms with E-state index in [1.54, 1.807) is 6.92 Å². The summed E-state index contributed by atoms with van der Waals surface area (Å²) in [6.07, 6.45) is 11.7. The Morgan fingerprint density at radius 1 is 1.18 bits per heavy atom. The third-order valence-electron chi connectivity index (χ3n) is 3.39. The lowest BCUT2D eigenvalue weighted by molar-refractivity contribution is -0.132. The summed E-state index contributed by atoms with van der Waals surface area (Å²) in [6, 6.07) is 0. The first kappa shape index (κ1) is 16.2. The zero-order chi connectivity index (χ0) is 13.1. The number of rotatable bonds is 10. The van der Waals surface area contributed by atoms with Crippen molar-refractivity contribution in [2.75, 3.05) is 0 Å². The molecule has 1 unspecified atom stereocenters. The van der Waals surface area contributed by atoms with Crippen molar-refractivity contribution in [3.63, 3.8) is 0 Å². The molecule has 2 heteroatoms. The van der Waals surface area contributed by atoms with Crippen LogP contribution < -0.4 is 0 Å². The third-order valence-corrected chi connectivity index (χ3v) is 3.39. The molecule has 0 amide bonds. The molecule has 0 heterocycles. The number of carboxylic acids is 1. The van der Waals surface area contributed by atoms with Crippen molar-refractivity contribution < 1.29 is 9.90 Å². The predicted molar refractivity (Wildman–Crippen MR) is 73.2 cm³/mol. The van der Waals surface area contributed by atoms with Crippen LogP contribution in [0.2, 0.25) is 0 Å². The molecule has 2 nitrogen and oxygen atoms in total. The Morgan fingerprint density at radius 2 is 1.76 bits per heavy atom. The second-order valence-electron chi connectivity index (χ2n) is 5.05. The van der Waals surface area contributed by atoms with Crippen molar-refractivity contribution in [2.24, 2.45) is 5.92 Å². The minimum atomic E-state index is -0.793. The van der Waals surface area contributed by atoms with Crippen LogP contribution in [-0.2, 0) is 4.79 Å². The van der Waals surface area contributed by atoms with Gasteiger partial charge in [-0.3, -0.25) is 0 Å². The molecule has 0 fully saturated rings. The van der Waals surface area contributed by atoms with Crippen molar-refractivity contribution >= 4 is 5.97 Å². The van der Waals surface area contributed by atoms with Crippen LogP contribution in [0.3, 0.4) is 0 Å². The number of aliphatic carboxylic acids is 1. The molecule has 1 N–H and O–H groups in total. The molecule has 100 valence electrons. The average molecular weight is 240 g/mol. The molecular formula is C15H28O2. The summed E-state index contributed by atoms with van der Waals surface area (Å²) in [5, 5.41) is 8.66. The van der Waals surface area contributed by atoms with Gasteiger partial charge in [0.15, 0.2) is 0 Å². The van der Waals surface area contributed by atoms with E-state index in [1.807, 2.05) is 6.08 Å². The smallest absolute Gasteiger partial charge is 0.330 e. The second-order valence-corrected chi connectivity index (χ2v) is 5.05. The van der Waals surface area contributed by atoms with Gasteiger partial charge in [-0.15, -0.1) is 0 Å². The van der Waals surface area contributed by atoms with E-state index in [4.69, 9.17) is 5.11 Å². The molecule has 0 aromatic rings. The number of hydrogen-bond acceptors (Lipinski definition) is 1. The lowest BCUT2D eigenvalue weighted by Crippen LogP contribution is -1.95. The summed E-state index contributed by atoms with van der Waals surface area (Å²) in [5.74, 6) is 0.0784. The Morgan fingerprint density at radius 3 is 2.35 bits per heavy atom. The van der Waals surface area contributed by atoms with Gasteiger partial charge in [0.25, 0.3) is 0 Å². The first-order chi connectivity index (χ1) is 8.07. The van der Waals surface area contributed by atoms with Gasteiger partial charge in [0.1, 0.15) is 0 Å². The topological polar surface area (TPSA) is 37.3 Å². The lowest BCUT2D eigenvalue weighted by Gasteiger charge is -2.07. The van der Waals surface area contributed by atoms with E-state index < -0.39 is 5.97 Å². The van der Waals surface area contributed by atoms with Crippen LogP contribution in [0, 0.1) is 5.92 Å². The van der Waals surface area contributed by atoms with Crippen LogP contribution in [0.5, 0.6) is 0 Å². The highest BCUT2D eigenvalue weighted by molar-refractivity contribution is 5.85. The van der Waals surface area contributed by atoms with E-state index in [0.29, 0.717) is 5.57 Å². The summed E-state index contributed by atoms with van der Waals surface area (Å²) >= 11 is 0. The van der Waals surface area contributed by atoms with Gasteiger partial charge in [-0.2, -0.15) is 0 Å². The largest absolute Gasteiger partial charge is 0.478 e. The van der Waals surface area contributed by atoms with Crippen LogP contribution in [0.4, 0.5) is 0 Å². The van der Waals surface area contributed by atoms with Gasteiger partial charge in [-0.05, 0) is 25.7 Å². The van der Waals surface area contributed by atoms with Crippen LogP contribution in [0.25, 0.3) is 0 Å². The van der Waals surface area contributed by atoms with Gasteiger partial charge < -0.3 is 5.11 Å². The fourth-order valence-corrected chi connectivity index (χ4v) is 1.78. The summed E-state index contributed by atoms with van der Waals surface area (Å²) in [5.41, 5.74) is 0.474.